The van der Waals surface area contributed by atoms with Crippen LogP contribution in [0.25, 0.3) is 0 Å². The molecule has 0 heterocycles. The van der Waals surface area contributed by atoms with E-state index < -0.39 is 11.6 Å². The van der Waals surface area contributed by atoms with Crippen molar-refractivity contribution < 1.29 is 13.5 Å². The molecule has 0 aliphatic carbocycles. The SMILES string of the molecule is CCCCC(NCCC)c1c(F)cc(OC)cc1F. The number of unbranched alkanes of at least 4 members (excludes halogenated alkanes) is 1. The van der Waals surface area contributed by atoms with Crippen LogP contribution in [0.5, 0.6) is 5.75 Å². The third kappa shape index (κ3) is 4.46. The van der Waals surface area contributed by atoms with Crippen LogP contribution in [0.3, 0.4) is 0 Å². The van der Waals surface area contributed by atoms with Gasteiger partial charge in [0.25, 0.3) is 0 Å². The minimum atomic E-state index is -0.540. The van der Waals surface area contributed by atoms with Crippen LogP contribution in [0.2, 0.25) is 0 Å². The summed E-state index contributed by atoms with van der Waals surface area (Å²) in [5.74, 6) is -0.869. The zero-order valence-electron chi connectivity index (χ0n) is 11.9. The van der Waals surface area contributed by atoms with Crippen LogP contribution < -0.4 is 10.1 Å². The Kier molecular flexibility index (Phi) is 6.78. The van der Waals surface area contributed by atoms with Gasteiger partial charge in [-0.05, 0) is 19.4 Å². The molecule has 0 bridgehead atoms. The van der Waals surface area contributed by atoms with Gasteiger partial charge in [-0.25, -0.2) is 8.78 Å². The first-order chi connectivity index (χ1) is 9.13. The van der Waals surface area contributed by atoms with Crippen LogP contribution >= 0.6 is 0 Å². The number of ether oxygens (including phenoxy) is 1. The largest absolute Gasteiger partial charge is 0.497 e. The summed E-state index contributed by atoms with van der Waals surface area (Å²) in [6.07, 6.45) is 3.61. The maximum absolute atomic E-state index is 14.0. The van der Waals surface area contributed by atoms with Gasteiger partial charge >= 0.3 is 0 Å². The summed E-state index contributed by atoms with van der Waals surface area (Å²) in [4.78, 5) is 0. The Morgan fingerprint density at radius 3 is 2.26 bits per heavy atom. The molecule has 4 heteroatoms. The molecule has 1 atom stereocenters. The molecule has 19 heavy (non-hydrogen) atoms. The van der Waals surface area contributed by atoms with Crippen LogP contribution in [-0.2, 0) is 0 Å². The van der Waals surface area contributed by atoms with Gasteiger partial charge in [0.1, 0.15) is 17.4 Å². The molecule has 1 N–H and O–H groups in total. The second kappa shape index (κ2) is 8.10. The van der Waals surface area contributed by atoms with Gasteiger partial charge in [-0.2, -0.15) is 0 Å². The van der Waals surface area contributed by atoms with Gasteiger partial charge in [0, 0.05) is 23.7 Å². The van der Waals surface area contributed by atoms with Crippen molar-refractivity contribution in [3.63, 3.8) is 0 Å². The van der Waals surface area contributed by atoms with Crippen molar-refractivity contribution in [2.75, 3.05) is 13.7 Å². The molecule has 0 saturated heterocycles. The molecule has 0 saturated carbocycles. The molecule has 0 aromatic heterocycles. The van der Waals surface area contributed by atoms with E-state index in [0.29, 0.717) is 0 Å². The van der Waals surface area contributed by atoms with Crippen LogP contribution in [0.4, 0.5) is 8.78 Å². The van der Waals surface area contributed by atoms with Crippen LogP contribution in [0, 0.1) is 11.6 Å². The molecule has 0 radical (unpaired) electrons. The molecule has 2 nitrogen and oxygen atoms in total. The lowest BCUT2D eigenvalue weighted by Gasteiger charge is -2.20. The quantitative estimate of drug-likeness (QED) is 0.765. The average Bonchev–Trinajstić information content (AvgIpc) is 2.40. The standard InChI is InChI=1S/C15H23F2NO/c1-4-6-7-14(18-8-5-2)15-12(16)9-11(19-3)10-13(15)17/h9-10,14,18H,4-8H2,1-3H3. The predicted molar refractivity (Wildman–Crippen MR) is 73.5 cm³/mol. The molecule has 1 aromatic rings. The van der Waals surface area contributed by atoms with E-state index in [2.05, 4.69) is 12.2 Å². The van der Waals surface area contributed by atoms with Crippen molar-refractivity contribution in [1.29, 1.82) is 0 Å². The molecule has 0 aliphatic heterocycles. The molecule has 0 amide bonds. The van der Waals surface area contributed by atoms with Crippen molar-refractivity contribution in [2.45, 2.75) is 45.6 Å². The van der Waals surface area contributed by atoms with E-state index in [0.717, 1.165) is 32.2 Å². The number of benzene rings is 1. The summed E-state index contributed by atoms with van der Waals surface area (Å²) >= 11 is 0. The minimum Gasteiger partial charge on any atom is -0.497 e. The zero-order valence-corrected chi connectivity index (χ0v) is 11.9. The van der Waals surface area contributed by atoms with E-state index in [4.69, 9.17) is 4.74 Å². The van der Waals surface area contributed by atoms with Crippen molar-refractivity contribution in [2.24, 2.45) is 0 Å². The number of hydrogen-bond acceptors (Lipinski definition) is 2. The summed E-state index contributed by atoms with van der Waals surface area (Å²) in [5, 5.41) is 3.22. The Balaban J connectivity index is 2.99. The van der Waals surface area contributed by atoms with Gasteiger partial charge in [0.05, 0.1) is 7.11 Å². The fourth-order valence-corrected chi connectivity index (χ4v) is 2.09. The molecular formula is C15H23F2NO. The monoisotopic (exact) mass is 271 g/mol. The maximum Gasteiger partial charge on any atom is 0.134 e. The molecule has 1 rings (SSSR count). The van der Waals surface area contributed by atoms with Crippen molar-refractivity contribution in [1.82, 2.24) is 5.32 Å². The molecule has 0 spiro atoms. The normalized spacial score (nSPS) is 12.5. The third-order valence-electron chi connectivity index (χ3n) is 3.12. The van der Waals surface area contributed by atoms with Crippen molar-refractivity contribution >= 4 is 0 Å². The summed E-state index contributed by atoms with van der Waals surface area (Å²) in [6.45, 7) is 4.85. The molecular weight excluding hydrogens is 248 g/mol. The van der Waals surface area contributed by atoms with Crippen LogP contribution in [0.1, 0.15) is 51.1 Å². The first-order valence-corrected chi connectivity index (χ1v) is 6.90. The number of rotatable bonds is 8. The Labute approximate surface area is 114 Å². The lowest BCUT2D eigenvalue weighted by atomic mass is 9.99. The number of hydrogen-bond donors (Lipinski definition) is 1. The van der Waals surface area contributed by atoms with Gasteiger partial charge in [-0.1, -0.05) is 26.7 Å². The highest BCUT2D eigenvalue weighted by molar-refractivity contribution is 5.32. The summed E-state index contributed by atoms with van der Waals surface area (Å²) < 4.78 is 33.0. The van der Waals surface area contributed by atoms with E-state index in [1.54, 1.807) is 0 Å². The molecule has 108 valence electrons. The topological polar surface area (TPSA) is 21.3 Å². The Hall–Kier alpha value is -1.16. The number of methoxy groups -OCH3 is 1. The number of nitrogens with one attached hydrogen (secondary N) is 1. The molecule has 0 fully saturated rings. The third-order valence-corrected chi connectivity index (χ3v) is 3.12. The predicted octanol–water partition coefficient (Wildman–Crippen LogP) is 4.20. The first kappa shape index (κ1) is 15.9. The number of halogens is 2. The van der Waals surface area contributed by atoms with Gasteiger partial charge in [-0.3, -0.25) is 0 Å². The lowest BCUT2D eigenvalue weighted by Crippen LogP contribution is -2.24. The summed E-state index contributed by atoms with van der Waals surface area (Å²) in [6, 6.07) is 2.21. The smallest absolute Gasteiger partial charge is 0.134 e. The maximum atomic E-state index is 14.0. The lowest BCUT2D eigenvalue weighted by molar-refractivity contribution is 0.396. The van der Waals surface area contributed by atoms with Gasteiger partial charge in [-0.15, -0.1) is 0 Å². The Morgan fingerprint density at radius 1 is 1.16 bits per heavy atom. The summed E-state index contributed by atoms with van der Waals surface area (Å²) in [5.41, 5.74) is 0.128. The fraction of sp³-hybridized carbons (Fsp3) is 0.600. The van der Waals surface area contributed by atoms with E-state index in [1.165, 1.54) is 19.2 Å². The van der Waals surface area contributed by atoms with Crippen molar-refractivity contribution in [3.8, 4) is 5.75 Å². The second-order valence-corrected chi connectivity index (χ2v) is 4.65. The Bertz CT molecular complexity index is 365. The average molecular weight is 271 g/mol. The first-order valence-electron chi connectivity index (χ1n) is 6.90. The van der Waals surface area contributed by atoms with Crippen LogP contribution in [-0.4, -0.2) is 13.7 Å². The van der Waals surface area contributed by atoms with E-state index in [1.807, 2.05) is 6.92 Å². The summed E-state index contributed by atoms with van der Waals surface area (Å²) in [7, 11) is 1.40. The minimum absolute atomic E-state index is 0.128. The van der Waals surface area contributed by atoms with Crippen molar-refractivity contribution in [3.05, 3.63) is 29.3 Å². The fourth-order valence-electron chi connectivity index (χ4n) is 2.09. The highest BCUT2D eigenvalue weighted by Crippen LogP contribution is 2.28. The van der Waals surface area contributed by atoms with E-state index >= 15 is 0 Å². The molecule has 0 aliphatic rings. The highest BCUT2D eigenvalue weighted by atomic mass is 19.1. The van der Waals surface area contributed by atoms with Gasteiger partial charge < -0.3 is 10.1 Å². The van der Waals surface area contributed by atoms with E-state index in [9.17, 15) is 8.78 Å². The van der Waals surface area contributed by atoms with E-state index in [-0.39, 0.29) is 17.4 Å². The Morgan fingerprint density at radius 2 is 1.79 bits per heavy atom. The van der Waals surface area contributed by atoms with Gasteiger partial charge in [0.2, 0.25) is 0 Å². The van der Waals surface area contributed by atoms with Gasteiger partial charge in [0.15, 0.2) is 0 Å². The second-order valence-electron chi connectivity index (χ2n) is 4.65. The molecule has 1 unspecified atom stereocenters. The molecule has 1 aromatic carbocycles. The van der Waals surface area contributed by atoms with Crippen LogP contribution in [0.15, 0.2) is 12.1 Å². The zero-order chi connectivity index (χ0) is 14.3. The highest BCUT2D eigenvalue weighted by Gasteiger charge is 2.20.